The van der Waals surface area contributed by atoms with Crippen LogP contribution in [0.5, 0.6) is 0 Å². The highest BCUT2D eigenvalue weighted by Gasteiger charge is 2.16. The van der Waals surface area contributed by atoms with Gasteiger partial charge in [-0.2, -0.15) is 5.10 Å². The van der Waals surface area contributed by atoms with Gasteiger partial charge in [0.05, 0.1) is 27.7 Å². The van der Waals surface area contributed by atoms with Crippen molar-refractivity contribution in [2.75, 3.05) is 19.0 Å². The van der Waals surface area contributed by atoms with E-state index in [1.165, 1.54) is 12.1 Å². The Hall–Kier alpha value is -3.24. The number of H-pyrrole nitrogens is 1. The van der Waals surface area contributed by atoms with Gasteiger partial charge in [-0.15, -0.1) is 0 Å². The average molecular weight is 397 g/mol. The molecule has 10 heteroatoms. The number of primary sulfonamides is 1. The minimum Gasteiger partial charge on any atom is -0.362 e. The molecule has 0 aliphatic carbocycles. The third-order valence-electron chi connectivity index (χ3n) is 4.37. The number of sulfonamides is 1. The molecule has 3 aromatic heterocycles. The second-order valence-corrected chi connectivity index (χ2v) is 8.26. The van der Waals surface area contributed by atoms with Gasteiger partial charge in [-0.3, -0.25) is 4.68 Å². The normalized spacial score (nSPS) is 11.9. The monoisotopic (exact) mass is 397 g/mol. The van der Waals surface area contributed by atoms with Crippen LogP contribution in [0.1, 0.15) is 0 Å². The first kappa shape index (κ1) is 18.1. The number of pyridine rings is 1. The van der Waals surface area contributed by atoms with E-state index >= 15 is 0 Å². The summed E-state index contributed by atoms with van der Waals surface area (Å²) in [4.78, 5) is 14.3. The van der Waals surface area contributed by atoms with Gasteiger partial charge in [0.25, 0.3) is 0 Å². The zero-order valence-corrected chi connectivity index (χ0v) is 16.4. The zero-order chi connectivity index (χ0) is 20.1. The van der Waals surface area contributed by atoms with E-state index in [1.807, 2.05) is 38.3 Å². The van der Waals surface area contributed by atoms with Crippen molar-refractivity contribution in [2.24, 2.45) is 12.2 Å². The Morgan fingerprint density at radius 1 is 1.14 bits per heavy atom. The molecule has 0 aliphatic rings. The molecule has 0 saturated carbocycles. The van der Waals surface area contributed by atoms with Gasteiger partial charge in [0.2, 0.25) is 10.0 Å². The standard InChI is InChI=1S/C18H19N7O2S/c1-24(2)18-14(6-11(8-20-18)12-9-21-25(3)10-12)17-22-15-5-4-13(28(19,26)27)7-16(15)23-17/h4-10H,1-3H3,(H,22,23)(H2,19,26,27). The minimum absolute atomic E-state index is 0.0327. The van der Waals surface area contributed by atoms with Crippen molar-refractivity contribution in [2.45, 2.75) is 4.90 Å². The first-order valence-electron chi connectivity index (χ1n) is 8.42. The van der Waals surface area contributed by atoms with Crippen LogP contribution >= 0.6 is 0 Å². The van der Waals surface area contributed by atoms with Crippen molar-refractivity contribution in [1.29, 1.82) is 0 Å². The molecule has 0 fully saturated rings. The third kappa shape index (κ3) is 3.23. The number of nitrogens with one attached hydrogen (secondary N) is 1. The molecule has 4 rings (SSSR count). The maximum Gasteiger partial charge on any atom is 0.238 e. The fraction of sp³-hybridized carbons (Fsp3) is 0.167. The number of nitrogens with zero attached hydrogens (tertiary/aromatic N) is 5. The smallest absolute Gasteiger partial charge is 0.238 e. The Balaban J connectivity index is 1.89. The number of hydrogen-bond donors (Lipinski definition) is 2. The Bertz CT molecular complexity index is 1290. The number of hydrogen-bond acceptors (Lipinski definition) is 6. The molecule has 4 aromatic rings. The lowest BCUT2D eigenvalue weighted by molar-refractivity contribution is 0.598. The molecule has 0 unspecified atom stereocenters. The van der Waals surface area contributed by atoms with Crippen molar-refractivity contribution in [3.05, 3.63) is 42.9 Å². The van der Waals surface area contributed by atoms with E-state index in [4.69, 9.17) is 5.14 Å². The van der Waals surface area contributed by atoms with Crippen molar-refractivity contribution in [3.63, 3.8) is 0 Å². The van der Waals surface area contributed by atoms with Gasteiger partial charge in [-0.1, -0.05) is 0 Å². The summed E-state index contributed by atoms with van der Waals surface area (Å²) in [6.07, 6.45) is 5.47. The predicted octanol–water partition coefficient (Wildman–Crippen LogP) is 1.74. The summed E-state index contributed by atoms with van der Waals surface area (Å²) in [5.74, 6) is 1.32. The summed E-state index contributed by atoms with van der Waals surface area (Å²) in [7, 11) is 1.87. The van der Waals surface area contributed by atoms with Gasteiger partial charge >= 0.3 is 0 Å². The molecule has 0 aliphatic heterocycles. The summed E-state index contributed by atoms with van der Waals surface area (Å²) in [5.41, 5.74) is 3.85. The number of nitrogens with two attached hydrogens (primary N) is 1. The Morgan fingerprint density at radius 3 is 2.57 bits per heavy atom. The second-order valence-electron chi connectivity index (χ2n) is 6.70. The molecule has 9 nitrogen and oxygen atoms in total. The molecular weight excluding hydrogens is 378 g/mol. The van der Waals surface area contributed by atoms with E-state index in [1.54, 1.807) is 23.1 Å². The van der Waals surface area contributed by atoms with E-state index in [-0.39, 0.29) is 4.90 Å². The number of anilines is 1. The summed E-state index contributed by atoms with van der Waals surface area (Å²) in [5, 5.41) is 9.44. The summed E-state index contributed by atoms with van der Waals surface area (Å²) in [6, 6.07) is 6.54. The summed E-state index contributed by atoms with van der Waals surface area (Å²) in [6.45, 7) is 0. The topological polar surface area (TPSA) is 123 Å². The number of benzene rings is 1. The predicted molar refractivity (Wildman–Crippen MR) is 107 cm³/mol. The summed E-state index contributed by atoms with van der Waals surface area (Å²) < 4.78 is 25.0. The van der Waals surface area contributed by atoms with Crippen LogP contribution in [0.4, 0.5) is 5.82 Å². The largest absolute Gasteiger partial charge is 0.362 e. The zero-order valence-electron chi connectivity index (χ0n) is 15.6. The van der Waals surface area contributed by atoms with Crippen LogP contribution < -0.4 is 10.0 Å². The van der Waals surface area contributed by atoms with Gasteiger partial charge in [0, 0.05) is 44.7 Å². The van der Waals surface area contributed by atoms with Crippen LogP contribution in [0.3, 0.4) is 0 Å². The molecule has 0 bridgehead atoms. The van der Waals surface area contributed by atoms with Crippen molar-refractivity contribution in [1.82, 2.24) is 24.7 Å². The molecule has 0 saturated heterocycles. The second kappa shape index (κ2) is 6.43. The quantitative estimate of drug-likeness (QED) is 0.541. The number of rotatable bonds is 4. The summed E-state index contributed by atoms with van der Waals surface area (Å²) >= 11 is 0. The van der Waals surface area contributed by atoms with E-state index in [2.05, 4.69) is 20.1 Å². The van der Waals surface area contributed by atoms with Gasteiger partial charge in [-0.25, -0.2) is 23.5 Å². The lowest BCUT2D eigenvalue weighted by atomic mass is 10.1. The number of aromatic amines is 1. The molecule has 3 heterocycles. The Kier molecular flexibility index (Phi) is 4.16. The van der Waals surface area contributed by atoms with E-state index in [0.29, 0.717) is 16.9 Å². The van der Waals surface area contributed by atoms with Crippen molar-refractivity contribution in [3.8, 4) is 22.5 Å². The lowest BCUT2D eigenvalue weighted by Gasteiger charge is -2.15. The number of aromatic nitrogens is 5. The van der Waals surface area contributed by atoms with Crippen molar-refractivity contribution < 1.29 is 8.42 Å². The molecule has 0 radical (unpaired) electrons. The number of aryl methyl sites for hydroxylation is 1. The maximum absolute atomic E-state index is 11.6. The molecular formula is C18H19N7O2S. The number of imidazole rings is 1. The van der Waals surface area contributed by atoms with Crippen LogP contribution in [-0.2, 0) is 17.1 Å². The molecule has 1 aromatic carbocycles. The van der Waals surface area contributed by atoms with Crippen LogP contribution in [0.25, 0.3) is 33.5 Å². The van der Waals surface area contributed by atoms with Crippen molar-refractivity contribution >= 4 is 26.9 Å². The molecule has 3 N–H and O–H groups in total. The third-order valence-corrected chi connectivity index (χ3v) is 5.28. The highest BCUT2D eigenvalue weighted by Crippen LogP contribution is 2.32. The molecule has 0 spiro atoms. The van der Waals surface area contributed by atoms with Crippen LogP contribution in [0.2, 0.25) is 0 Å². The molecule has 144 valence electrons. The SMILES string of the molecule is CN(C)c1ncc(-c2cnn(C)c2)cc1-c1nc2ccc(S(N)(=O)=O)cc2[nH]1. The van der Waals surface area contributed by atoms with Gasteiger partial charge in [0.1, 0.15) is 11.6 Å². The van der Waals surface area contributed by atoms with Crippen LogP contribution in [0, 0.1) is 0 Å². The molecule has 28 heavy (non-hydrogen) atoms. The van der Waals surface area contributed by atoms with E-state index in [0.717, 1.165) is 22.5 Å². The molecule has 0 amide bonds. The minimum atomic E-state index is -3.79. The maximum atomic E-state index is 11.6. The van der Waals surface area contributed by atoms with E-state index in [9.17, 15) is 8.42 Å². The highest BCUT2D eigenvalue weighted by atomic mass is 32.2. The van der Waals surface area contributed by atoms with Crippen LogP contribution in [-0.4, -0.2) is 47.2 Å². The number of fused-ring (bicyclic) bond motifs is 1. The van der Waals surface area contributed by atoms with Crippen LogP contribution in [0.15, 0.2) is 47.8 Å². The average Bonchev–Trinajstić information content (AvgIpc) is 3.25. The van der Waals surface area contributed by atoms with E-state index < -0.39 is 10.0 Å². The Labute approximate surface area is 161 Å². The fourth-order valence-corrected chi connectivity index (χ4v) is 3.55. The van der Waals surface area contributed by atoms with Gasteiger partial charge in [-0.05, 0) is 24.3 Å². The first-order valence-corrected chi connectivity index (χ1v) is 9.96. The molecule has 0 atom stereocenters. The van der Waals surface area contributed by atoms with Gasteiger partial charge < -0.3 is 9.88 Å². The van der Waals surface area contributed by atoms with Gasteiger partial charge in [0.15, 0.2) is 0 Å². The fourth-order valence-electron chi connectivity index (χ4n) is 3.01. The lowest BCUT2D eigenvalue weighted by Crippen LogP contribution is -2.12. The Morgan fingerprint density at radius 2 is 1.93 bits per heavy atom. The first-order chi connectivity index (χ1) is 13.2. The highest BCUT2D eigenvalue weighted by molar-refractivity contribution is 7.89.